The van der Waals surface area contributed by atoms with Gasteiger partial charge in [0.05, 0.1) is 16.7 Å². The van der Waals surface area contributed by atoms with E-state index in [2.05, 4.69) is 0 Å². The van der Waals surface area contributed by atoms with Crippen molar-refractivity contribution in [2.75, 3.05) is 4.90 Å². The lowest BCUT2D eigenvalue weighted by atomic mass is 9.94. The highest BCUT2D eigenvalue weighted by molar-refractivity contribution is 6.18. The van der Waals surface area contributed by atoms with E-state index in [1.54, 1.807) is 30.3 Å². The highest BCUT2D eigenvalue weighted by Gasteiger charge is 2.20. The Morgan fingerprint density at radius 1 is 0.328 bits per heavy atom. The number of fused-ring (bicyclic) bond motifs is 6. The lowest BCUT2D eigenvalue weighted by Crippen LogP contribution is -2.11. The van der Waals surface area contributed by atoms with Crippen LogP contribution in [-0.4, -0.2) is 0 Å². The van der Waals surface area contributed by atoms with Gasteiger partial charge in [0.2, 0.25) is 0 Å². The Kier molecular flexibility index (Phi) is 6.38. The third-order valence-electron chi connectivity index (χ3n) is 10.8. The summed E-state index contributed by atoms with van der Waals surface area (Å²) in [6, 6.07) is 52.4. The van der Waals surface area contributed by atoms with Gasteiger partial charge in [0.1, 0.15) is 11.2 Å². The van der Waals surface area contributed by atoms with Crippen LogP contribution in [0, 0.1) is 0 Å². The molecule has 0 N–H and O–H groups in total. The van der Waals surface area contributed by atoms with Gasteiger partial charge in [-0.2, -0.15) is 0 Å². The number of anilines is 3. The zero-order valence-corrected chi connectivity index (χ0v) is 31.1. The first-order chi connectivity index (χ1) is 32.1. The fourth-order valence-electron chi connectivity index (χ4n) is 8.04. The molecular formula is C56H37NO. The van der Waals surface area contributed by atoms with Crippen molar-refractivity contribution in [2.45, 2.75) is 0 Å². The topological polar surface area (TPSA) is 16.4 Å². The van der Waals surface area contributed by atoms with Crippen molar-refractivity contribution in [2.24, 2.45) is 0 Å². The second-order valence-electron chi connectivity index (χ2n) is 14.2. The highest BCUT2D eigenvalue weighted by Crippen LogP contribution is 2.45. The van der Waals surface area contributed by atoms with Crippen LogP contribution in [0.4, 0.5) is 17.1 Å². The predicted molar refractivity (Wildman–Crippen MR) is 245 cm³/mol. The monoisotopic (exact) mass is 747 g/mol. The van der Waals surface area contributed by atoms with E-state index in [0.717, 1.165) is 54.6 Å². The summed E-state index contributed by atoms with van der Waals surface area (Å²) in [4.78, 5) is 1.39. The summed E-state index contributed by atoms with van der Waals surface area (Å²) >= 11 is 0. The molecule has 0 bridgehead atoms. The van der Waals surface area contributed by atoms with Gasteiger partial charge in [-0.15, -0.1) is 0 Å². The van der Waals surface area contributed by atoms with Crippen LogP contribution < -0.4 is 4.90 Å². The molecule has 11 aromatic rings. The number of rotatable bonds is 7. The van der Waals surface area contributed by atoms with E-state index >= 15 is 0 Å². The molecule has 1 heterocycles. The fraction of sp³-hybridized carbons (Fsp3) is 0. The molecule has 2 nitrogen and oxygen atoms in total. The summed E-state index contributed by atoms with van der Waals surface area (Å²) in [5.74, 6) is 0. The normalized spacial score (nSPS) is 13.4. The van der Waals surface area contributed by atoms with E-state index in [1.165, 1.54) is 4.90 Å². The van der Waals surface area contributed by atoms with E-state index in [-0.39, 0.29) is 46.7 Å². The van der Waals surface area contributed by atoms with Crippen LogP contribution in [0.15, 0.2) is 229 Å². The molecule has 11 rings (SSSR count). The molecule has 58 heavy (non-hydrogen) atoms. The Morgan fingerprint density at radius 2 is 0.845 bits per heavy atom. The fourth-order valence-corrected chi connectivity index (χ4v) is 8.04. The van der Waals surface area contributed by atoms with Crippen molar-refractivity contribution in [3.8, 4) is 44.5 Å². The summed E-state index contributed by atoms with van der Waals surface area (Å²) in [6.07, 6.45) is 0. The standard InChI is InChI=1S/C56H37NO/c1-2-12-38(13-3-1)39-24-26-40(27-25-39)41-28-32-44(33-29-41)57(45-34-30-43(31-35-45)47-19-10-15-42-14-4-5-16-46(42)47)54-22-8-6-17-50(54)48-20-11-21-52-49(48)36-37-53-51-18-7-9-23-55(51)58-56(52)53/h1-37H/i28D,29D,30D,31D,32D,33D,34D,35D. The van der Waals surface area contributed by atoms with Crippen LogP contribution in [0.2, 0.25) is 0 Å². The van der Waals surface area contributed by atoms with Crippen molar-refractivity contribution in [1.29, 1.82) is 0 Å². The lowest BCUT2D eigenvalue weighted by molar-refractivity contribution is 0.672. The van der Waals surface area contributed by atoms with E-state index in [1.807, 2.05) is 146 Å². The van der Waals surface area contributed by atoms with Crippen LogP contribution in [0.1, 0.15) is 11.0 Å². The largest absolute Gasteiger partial charge is 0.455 e. The molecule has 0 radical (unpaired) electrons. The maximum Gasteiger partial charge on any atom is 0.143 e. The van der Waals surface area contributed by atoms with Gasteiger partial charge in [-0.25, -0.2) is 0 Å². The summed E-state index contributed by atoms with van der Waals surface area (Å²) in [6.45, 7) is 0. The molecular weight excluding hydrogens is 703 g/mol. The number of furan rings is 1. The molecule has 2 heteroatoms. The van der Waals surface area contributed by atoms with Crippen LogP contribution in [-0.2, 0) is 0 Å². The molecule has 0 amide bonds. The SMILES string of the molecule is [2H]c1c([2H])c(N(c2ccccc2-c2cccc3c2ccc2c4ccccc4oc32)c2c([2H])c([2H])c(-c3cccc4ccccc34)c([2H])c2[2H])c([2H])c([2H])c1-c1ccc(-c2ccccc2)cc1. The molecule has 1 aromatic heterocycles. The van der Waals surface area contributed by atoms with Crippen molar-refractivity contribution in [3.63, 3.8) is 0 Å². The van der Waals surface area contributed by atoms with Gasteiger partial charge in [0.25, 0.3) is 0 Å². The van der Waals surface area contributed by atoms with Gasteiger partial charge in [-0.1, -0.05) is 182 Å². The number of nitrogens with zero attached hydrogens (tertiary/aromatic N) is 1. The summed E-state index contributed by atoms with van der Waals surface area (Å²) in [5, 5.41) is 5.26. The summed E-state index contributed by atoms with van der Waals surface area (Å²) in [5.41, 5.74) is 5.82. The first kappa shape index (κ1) is 26.2. The Hall–Kier alpha value is -7.68. The maximum absolute atomic E-state index is 9.76. The van der Waals surface area contributed by atoms with Gasteiger partial charge in [0.15, 0.2) is 0 Å². The summed E-state index contributed by atoms with van der Waals surface area (Å²) in [7, 11) is 0. The average molecular weight is 748 g/mol. The van der Waals surface area contributed by atoms with Crippen LogP contribution in [0.3, 0.4) is 0 Å². The number of hydrogen-bond acceptors (Lipinski definition) is 2. The van der Waals surface area contributed by atoms with Crippen molar-refractivity contribution >= 4 is 60.5 Å². The van der Waals surface area contributed by atoms with Crippen LogP contribution in [0.25, 0.3) is 88.0 Å². The molecule has 0 saturated carbocycles. The zero-order chi connectivity index (χ0) is 45.4. The summed E-state index contributed by atoms with van der Waals surface area (Å²) < 4.78 is 83.6. The van der Waals surface area contributed by atoms with E-state index in [4.69, 9.17) is 4.42 Å². The minimum atomic E-state index is -0.412. The minimum Gasteiger partial charge on any atom is -0.455 e. The molecule has 0 aliphatic carbocycles. The lowest BCUT2D eigenvalue weighted by Gasteiger charge is -2.28. The molecule has 0 aliphatic rings. The van der Waals surface area contributed by atoms with Crippen LogP contribution >= 0.6 is 0 Å². The van der Waals surface area contributed by atoms with Gasteiger partial charge >= 0.3 is 0 Å². The average Bonchev–Trinajstić information content (AvgIpc) is 3.75. The Bertz CT molecular complexity index is 3690. The molecule has 272 valence electrons. The first-order valence-electron chi connectivity index (χ1n) is 23.2. The molecule has 0 atom stereocenters. The maximum atomic E-state index is 9.76. The van der Waals surface area contributed by atoms with Gasteiger partial charge in [0, 0.05) is 33.1 Å². The van der Waals surface area contributed by atoms with Crippen LogP contribution in [0.5, 0.6) is 0 Å². The number of para-hydroxylation sites is 2. The van der Waals surface area contributed by atoms with Gasteiger partial charge in [-0.3, -0.25) is 0 Å². The Morgan fingerprint density at radius 3 is 1.64 bits per heavy atom. The third-order valence-corrected chi connectivity index (χ3v) is 10.8. The third kappa shape index (κ3) is 5.82. The van der Waals surface area contributed by atoms with Gasteiger partial charge < -0.3 is 9.32 Å². The first-order valence-corrected chi connectivity index (χ1v) is 19.2. The van der Waals surface area contributed by atoms with Crippen molar-refractivity contribution in [1.82, 2.24) is 0 Å². The number of hydrogen-bond donors (Lipinski definition) is 0. The zero-order valence-electron chi connectivity index (χ0n) is 39.1. The molecule has 0 unspecified atom stereocenters. The molecule has 0 fully saturated rings. The highest BCUT2D eigenvalue weighted by atomic mass is 16.3. The molecule has 0 spiro atoms. The van der Waals surface area contributed by atoms with Gasteiger partial charge in [-0.05, 0) is 97.5 Å². The second-order valence-corrected chi connectivity index (χ2v) is 14.2. The predicted octanol–water partition coefficient (Wildman–Crippen LogP) is 16.0. The van der Waals surface area contributed by atoms with Crippen molar-refractivity contribution in [3.05, 3.63) is 224 Å². The second kappa shape index (κ2) is 14.1. The molecule has 0 saturated heterocycles. The molecule has 10 aromatic carbocycles. The Labute approximate surface area is 348 Å². The smallest absolute Gasteiger partial charge is 0.143 e. The van der Waals surface area contributed by atoms with E-state index in [0.29, 0.717) is 28.0 Å². The van der Waals surface area contributed by atoms with E-state index < -0.39 is 24.2 Å². The minimum absolute atomic E-state index is 0.0939. The molecule has 0 aliphatic heterocycles. The van der Waals surface area contributed by atoms with E-state index in [9.17, 15) is 11.0 Å². The van der Waals surface area contributed by atoms with Crippen molar-refractivity contribution < 1.29 is 15.4 Å². The quantitative estimate of drug-likeness (QED) is 0.161. The Balaban J connectivity index is 1.17. The number of benzene rings is 10.